The number of hydrogen-bond acceptors (Lipinski definition) is 2. The molecular formula is C11H12Cl3NO. The molecule has 1 fully saturated rings. The van der Waals surface area contributed by atoms with Crippen molar-refractivity contribution in [3.8, 4) is 0 Å². The number of hydrogen-bond donors (Lipinski definition) is 2. The summed E-state index contributed by atoms with van der Waals surface area (Å²) in [6, 6.07) is 3.35. The van der Waals surface area contributed by atoms with Crippen molar-refractivity contribution in [3.63, 3.8) is 0 Å². The quantitative estimate of drug-likeness (QED) is 0.803. The molecule has 0 spiro atoms. The van der Waals surface area contributed by atoms with Crippen molar-refractivity contribution < 1.29 is 5.11 Å². The summed E-state index contributed by atoms with van der Waals surface area (Å²) in [6.45, 7) is 0. The molecule has 2 atom stereocenters. The standard InChI is InChI=1S/C11H12Cl3NO/c12-6-4-8(14)10(5-7(6)13)15-9-2-1-3-11(9)16/h4-5,9,11,15-16H,1-3H2/t9-,11-/m1/s1. The van der Waals surface area contributed by atoms with E-state index in [1.807, 2.05) is 0 Å². The van der Waals surface area contributed by atoms with E-state index in [-0.39, 0.29) is 12.1 Å². The highest BCUT2D eigenvalue weighted by Gasteiger charge is 2.25. The van der Waals surface area contributed by atoms with E-state index in [1.165, 1.54) is 0 Å². The topological polar surface area (TPSA) is 32.3 Å². The lowest BCUT2D eigenvalue weighted by Gasteiger charge is -2.19. The first-order valence-corrected chi connectivity index (χ1v) is 6.30. The van der Waals surface area contributed by atoms with Crippen LogP contribution in [0.2, 0.25) is 15.1 Å². The molecule has 0 saturated heterocycles. The van der Waals surface area contributed by atoms with Crippen LogP contribution in [0.25, 0.3) is 0 Å². The van der Waals surface area contributed by atoms with E-state index >= 15 is 0 Å². The molecule has 0 radical (unpaired) electrons. The normalized spacial score (nSPS) is 24.8. The number of aliphatic hydroxyl groups is 1. The van der Waals surface area contributed by atoms with Crippen molar-refractivity contribution in [2.24, 2.45) is 0 Å². The van der Waals surface area contributed by atoms with Crippen molar-refractivity contribution in [1.82, 2.24) is 0 Å². The van der Waals surface area contributed by atoms with Crippen molar-refractivity contribution in [3.05, 3.63) is 27.2 Å². The minimum absolute atomic E-state index is 0.0507. The number of rotatable bonds is 2. The molecule has 1 aliphatic rings. The summed E-state index contributed by atoms with van der Waals surface area (Å²) in [6.07, 6.45) is 2.48. The Kier molecular flexibility index (Phi) is 3.85. The molecule has 16 heavy (non-hydrogen) atoms. The predicted octanol–water partition coefficient (Wildman–Crippen LogP) is 3.97. The Balaban J connectivity index is 2.18. The minimum atomic E-state index is -0.314. The van der Waals surface area contributed by atoms with E-state index in [0.717, 1.165) is 24.9 Å². The van der Waals surface area contributed by atoms with Crippen LogP contribution in [0.15, 0.2) is 12.1 Å². The fraction of sp³-hybridized carbons (Fsp3) is 0.455. The smallest absolute Gasteiger partial charge is 0.0741 e. The number of anilines is 1. The lowest BCUT2D eigenvalue weighted by molar-refractivity contribution is 0.172. The zero-order valence-electron chi connectivity index (χ0n) is 8.51. The molecule has 88 valence electrons. The van der Waals surface area contributed by atoms with Crippen molar-refractivity contribution >= 4 is 40.5 Å². The molecule has 0 amide bonds. The zero-order valence-corrected chi connectivity index (χ0v) is 10.8. The maximum atomic E-state index is 9.70. The summed E-state index contributed by atoms with van der Waals surface area (Å²) in [5.41, 5.74) is 0.724. The minimum Gasteiger partial charge on any atom is -0.391 e. The summed E-state index contributed by atoms with van der Waals surface area (Å²) in [4.78, 5) is 0. The molecule has 0 bridgehead atoms. The molecule has 2 nitrogen and oxygen atoms in total. The highest BCUT2D eigenvalue weighted by atomic mass is 35.5. The molecule has 0 aliphatic heterocycles. The van der Waals surface area contributed by atoms with Crippen LogP contribution in [0.5, 0.6) is 0 Å². The first-order valence-electron chi connectivity index (χ1n) is 5.17. The van der Waals surface area contributed by atoms with Crippen LogP contribution in [-0.2, 0) is 0 Å². The third-order valence-electron chi connectivity index (χ3n) is 2.83. The van der Waals surface area contributed by atoms with Crippen molar-refractivity contribution in [1.29, 1.82) is 0 Å². The highest BCUT2D eigenvalue weighted by molar-refractivity contribution is 6.44. The van der Waals surface area contributed by atoms with Crippen LogP contribution in [-0.4, -0.2) is 17.3 Å². The van der Waals surface area contributed by atoms with Crippen molar-refractivity contribution in [2.45, 2.75) is 31.4 Å². The second kappa shape index (κ2) is 5.01. The summed E-state index contributed by atoms with van der Waals surface area (Å²) in [5.74, 6) is 0. The molecule has 1 aliphatic carbocycles. The molecular weight excluding hydrogens is 268 g/mol. The van der Waals surface area contributed by atoms with Crippen LogP contribution in [0.3, 0.4) is 0 Å². The molecule has 1 aromatic rings. The van der Waals surface area contributed by atoms with Gasteiger partial charge in [-0.25, -0.2) is 0 Å². The summed E-state index contributed by atoms with van der Waals surface area (Å²) >= 11 is 17.8. The molecule has 2 rings (SSSR count). The Morgan fingerprint density at radius 3 is 2.38 bits per heavy atom. The van der Waals surface area contributed by atoms with Gasteiger partial charge in [-0.05, 0) is 31.4 Å². The summed E-state index contributed by atoms with van der Waals surface area (Å²) in [5, 5.41) is 14.3. The third-order valence-corrected chi connectivity index (χ3v) is 3.87. The largest absolute Gasteiger partial charge is 0.391 e. The average Bonchev–Trinajstić information content (AvgIpc) is 2.61. The Labute approximate surface area is 110 Å². The monoisotopic (exact) mass is 279 g/mol. The van der Waals surface area contributed by atoms with Gasteiger partial charge in [0, 0.05) is 0 Å². The number of benzene rings is 1. The number of nitrogens with one attached hydrogen (secondary N) is 1. The predicted molar refractivity (Wildman–Crippen MR) is 68.7 cm³/mol. The van der Waals surface area contributed by atoms with Gasteiger partial charge in [0.2, 0.25) is 0 Å². The van der Waals surface area contributed by atoms with E-state index in [0.29, 0.717) is 15.1 Å². The second-order valence-corrected chi connectivity index (χ2v) is 5.22. The SMILES string of the molecule is O[C@@H]1CCC[C@H]1Nc1cc(Cl)c(Cl)cc1Cl. The Morgan fingerprint density at radius 1 is 1.06 bits per heavy atom. The van der Waals surface area contributed by atoms with Gasteiger partial charge < -0.3 is 10.4 Å². The van der Waals surface area contributed by atoms with Gasteiger partial charge in [-0.1, -0.05) is 34.8 Å². The van der Waals surface area contributed by atoms with Crippen LogP contribution < -0.4 is 5.32 Å². The van der Waals surface area contributed by atoms with Crippen LogP contribution in [0.4, 0.5) is 5.69 Å². The Hall–Kier alpha value is -0.150. The summed E-state index contributed by atoms with van der Waals surface area (Å²) in [7, 11) is 0. The molecule has 0 aromatic heterocycles. The van der Waals surface area contributed by atoms with E-state index in [4.69, 9.17) is 34.8 Å². The van der Waals surface area contributed by atoms with Crippen molar-refractivity contribution in [2.75, 3.05) is 5.32 Å². The maximum Gasteiger partial charge on any atom is 0.0741 e. The molecule has 1 saturated carbocycles. The van der Waals surface area contributed by atoms with E-state index in [2.05, 4.69) is 5.32 Å². The van der Waals surface area contributed by atoms with Gasteiger partial charge in [0.25, 0.3) is 0 Å². The lowest BCUT2D eigenvalue weighted by atomic mass is 10.2. The number of halogens is 3. The van der Waals surface area contributed by atoms with E-state index in [1.54, 1.807) is 12.1 Å². The van der Waals surface area contributed by atoms with E-state index < -0.39 is 0 Å². The first-order chi connectivity index (χ1) is 7.58. The lowest BCUT2D eigenvalue weighted by Crippen LogP contribution is -2.27. The van der Waals surface area contributed by atoms with Gasteiger partial charge in [0.15, 0.2) is 0 Å². The average molecular weight is 281 g/mol. The van der Waals surface area contributed by atoms with Crippen LogP contribution in [0, 0.1) is 0 Å². The van der Waals surface area contributed by atoms with Gasteiger partial charge >= 0.3 is 0 Å². The van der Waals surface area contributed by atoms with Gasteiger partial charge in [-0.3, -0.25) is 0 Å². The molecule has 5 heteroatoms. The van der Waals surface area contributed by atoms with Gasteiger partial charge in [0.1, 0.15) is 0 Å². The molecule has 1 aromatic carbocycles. The Morgan fingerprint density at radius 2 is 1.75 bits per heavy atom. The summed E-state index contributed by atoms with van der Waals surface area (Å²) < 4.78 is 0. The molecule has 0 unspecified atom stereocenters. The number of aliphatic hydroxyl groups excluding tert-OH is 1. The van der Waals surface area contributed by atoms with Crippen LogP contribution >= 0.6 is 34.8 Å². The second-order valence-electron chi connectivity index (χ2n) is 4.00. The van der Waals surface area contributed by atoms with E-state index in [9.17, 15) is 5.11 Å². The first kappa shape index (κ1) is 12.3. The van der Waals surface area contributed by atoms with Gasteiger partial charge in [-0.2, -0.15) is 0 Å². The zero-order chi connectivity index (χ0) is 11.7. The highest BCUT2D eigenvalue weighted by Crippen LogP contribution is 2.34. The van der Waals surface area contributed by atoms with Crippen LogP contribution in [0.1, 0.15) is 19.3 Å². The fourth-order valence-corrected chi connectivity index (χ4v) is 2.54. The van der Waals surface area contributed by atoms with Gasteiger partial charge in [-0.15, -0.1) is 0 Å². The Bertz CT molecular complexity index is 397. The maximum absolute atomic E-state index is 9.70. The fourth-order valence-electron chi connectivity index (χ4n) is 1.94. The van der Waals surface area contributed by atoms with Gasteiger partial charge in [0.05, 0.1) is 32.9 Å². The molecule has 2 N–H and O–H groups in total. The molecule has 0 heterocycles. The third kappa shape index (κ3) is 2.57.